The Morgan fingerprint density at radius 1 is 1.50 bits per heavy atom. The quantitative estimate of drug-likeness (QED) is 0.779. The lowest BCUT2D eigenvalue weighted by molar-refractivity contribution is 0.0743. The third-order valence-corrected chi connectivity index (χ3v) is 2.62. The standard InChI is InChI=1S/C12H19ClN2O/c1-4-16-9(2)8-15-10(3)11-5-6-14-12(13)7-11/h5-7,9-10,15H,4,8H2,1-3H3. The molecule has 1 N–H and O–H groups in total. The van der Waals surface area contributed by atoms with Gasteiger partial charge in [-0.15, -0.1) is 0 Å². The van der Waals surface area contributed by atoms with Gasteiger partial charge in [0.2, 0.25) is 0 Å². The predicted molar refractivity (Wildman–Crippen MR) is 66.8 cm³/mol. The first-order chi connectivity index (χ1) is 7.63. The largest absolute Gasteiger partial charge is 0.377 e. The minimum absolute atomic E-state index is 0.227. The first-order valence-electron chi connectivity index (χ1n) is 5.60. The second-order valence-corrected chi connectivity index (χ2v) is 4.20. The zero-order chi connectivity index (χ0) is 12.0. The Morgan fingerprint density at radius 2 is 2.25 bits per heavy atom. The molecule has 1 heterocycles. The molecular formula is C12H19ClN2O. The van der Waals surface area contributed by atoms with Crippen LogP contribution in [0.15, 0.2) is 18.3 Å². The van der Waals surface area contributed by atoms with Crippen molar-refractivity contribution in [2.45, 2.75) is 32.9 Å². The summed E-state index contributed by atoms with van der Waals surface area (Å²) in [4.78, 5) is 3.96. The van der Waals surface area contributed by atoms with Gasteiger partial charge in [0.15, 0.2) is 0 Å². The van der Waals surface area contributed by atoms with Crippen LogP contribution in [0, 0.1) is 0 Å². The molecule has 1 aromatic heterocycles. The third kappa shape index (κ3) is 4.47. The highest BCUT2D eigenvalue weighted by atomic mass is 35.5. The van der Waals surface area contributed by atoms with E-state index in [0.29, 0.717) is 5.15 Å². The minimum atomic E-state index is 0.227. The van der Waals surface area contributed by atoms with Crippen molar-refractivity contribution in [3.63, 3.8) is 0 Å². The average molecular weight is 243 g/mol. The minimum Gasteiger partial charge on any atom is -0.377 e. The van der Waals surface area contributed by atoms with E-state index in [1.54, 1.807) is 6.20 Å². The van der Waals surface area contributed by atoms with Crippen LogP contribution in [0.5, 0.6) is 0 Å². The monoisotopic (exact) mass is 242 g/mol. The van der Waals surface area contributed by atoms with Crippen LogP contribution < -0.4 is 5.32 Å². The van der Waals surface area contributed by atoms with E-state index in [4.69, 9.17) is 16.3 Å². The van der Waals surface area contributed by atoms with Crippen molar-refractivity contribution in [1.29, 1.82) is 0 Å². The van der Waals surface area contributed by atoms with Crippen molar-refractivity contribution >= 4 is 11.6 Å². The average Bonchev–Trinajstić information content (AvgIpc) is 2.26. The van der Waals surface area contributed by atoms with Crippen LogP contribution in [0.3, 0.4) is 0 Å². The smallest absolute Gasteiger partial charge is 0.129 e. The molecule has 4 heteroatoms. The second kappa shape index (κ2) is 6.84. The number of halogens is 1. The first-order valence-corrected chi connectivity index (χ1v) is 5.97. The molecule has 0 spiro atoms. The maximum absolute atomic E-state index is 5.84. The number of nitrogens with one attached hydrogen (secondary N) is 1. The van der Waals surface area contributed by atoms with E-state index in [-0.39, 0.29) is 12.1 Å². The van der Waals surface area contributed by atoms with Gasteiger partial charge in [0.05, 0.1) is 6.10 Å². The molecule has 2 atom stereocenters. The Bertz CT molecular complexity index is 320. The number of nitrogens with zero attached hydrogens (tertiary/aromatic N) is 1. The fourth-order valence-corrected chi connectivity index (χ4v) is 1.67. The van der Waals surface area contributed by atoms with E-state index >= 15 is 0 Å². The zero-order valence-corrected chi connectivity index (χ0v) is 10.8. The molecule has 1 aromatic rings. The lowest BCUT2D eigenvalue weighted by Gasteiger charge is -2.18. The molecule has 0 amide bonds. The van der Waals surface area contributed by atoms with Gasteiger partial charge in [-0.05, 0) is 38.5 Å². The summed E-state index contributed by atoms with van der Waals surface area (Å²) < 4.78 is 5.45. The van der Waals surface area contributed by atoms with Gasteiger partial charge in [0, 0.05) is 25.4 Å². The molecule has 3 nitrogen and oxygen atoms in total. The van der Waals surface area contributed by atoms with E-state index in [9.17, 15) is 0 Å². The summed E-state index contributed by atoms with van der Waals surface area (Å²) in [7, 11) is 0. The van der Waals surface area contributed by atoms with Crippen LogP contribution >= 0.6 is 11.6 Å². The Labute approximate surface area is 102 Å². The number of pyridine rings is 1. The summed E-state index contributed by atoms with van der Waals surface area (Å²) in [6, 6.07) is 4.10. The van der Waals surface area contributed by atoms with Crippen molar-refractivity contribution in [1.82, 2.24) is 10.3 Å². The topological polar surface area (TPSA) is 34.1 Å². The lowest BCUT2D eigenvalue weighted by atomic mass is 10.1. The van der Waals surface area contributed by atoms with Gasteiger partial charge in [-0.2, -0.15) is 0 Å². The SMILES string of the molecule is CCOC(C)CNC(C)c1ccnc(Cl)c1. The van der Waals surface area contributed by atoms with Crippen LogP contribution in [0.25, 0.3) is 0 Å². The summed E-state index contributed by atoms with van der Waals surface area (Å²) >= 11 is 5.84. The molecule has 0 aromatic carbocycles. The van der Waals surface area contributed by atoms with Crippen LogP contribution in [-0.4, -0.2) is 24.2 Å². The van der Waals surface area contributed by atoms with Gasteiger partial charge >= 0.3 is 0 Å². The van der Waals surface area contributed by atoms with Crippen molar-refractivity contribution in [2.24, 2.45) is 0 Å². The van der Waals surface area contributed by atoms with Gasteiger partial charge in [-0.1, -0.05) is 11.6 Å². The van der Waals surface area contributed by atoms with Gasteiger partial charge in [0.25, 0.3) is 0 Å². The zero-order valence-electron chi connectivity index (χ0n) is 10.0. The molecule has 0 aliphatic heterocycles. The summed E-state index contributed by atoms with van der Waals surface area (Å²) in [6.45, 7) is 7.74. The fraction of sp³-hybridized carbons (Fsp3) is 0.583. The van der Waals surface area contributed by atoms with Gasteiger partial charge in [-0.25, -0.2) is 4.98 Å². The second-order valence-electron chi connectivity index (χ2n) is 3.81. The number of aromatic nitrogens is 1. The van der Waals surface area contributed by atoms with Crippen molar-refractivity contribution in [3.05, 3.63) is 29.0 Å². The Kier molecular flexibility index (Phi) is 5.74. The molecular weight excluding hydrogens is 224 g/mol. The summed E-state index contributed by atoms with van der Waals surface area (Å²) in [5, 5.41) is 3.93. The highest BCUT2D eigenvalue weighted by molar-refractivity contribution is 6.29. The number of ether oxygens (including phenoxy) is 1. The third-order valence-electron chi connectivity index (χ3n) is 2.41. The van der Waals surface area contributed by atoms with Crippen LogP contribution in [0.2, 0.25) is 5.15 Å². The molecule has 16 heavy (non-hydrogen) atoms. The highest BCUT2D eigenvalue weighted by Crippen LogP contribution is 2.15. The maximum atomic E-state index is 5.84. The first kappa shape index (κ1) is 13.4. The molecule has 0 radical (unpaired) electrons. The maximum Gasteiger partial charge on any atom is 0.129 e. The van der Waals surface area contributed by atoms with Crippen LogP contribution in [0.1, 0.15) is 32.4 Å². The lowest BCUT2D eigenvalue weighted by Crippen LogP contribution is -2.29. The Morgan fingerprint density at radius 3 is 2.88 bits per heavy atom. The molecule has 90 valence electrons. The normalized spacial score (nSPS) is 14.8. The van der Waals surface area contributed by atoms with E-state index in [2.05, 4.69) is 24.1 Å². The molecule has 0 aliphatic carbocycles. The van der Waals surface area contributed by atoms with E-state index < -0.39 is 0 Å². The fourth-order valence-electron chi connectivity index (χ4n) is 1.49. The van der Waals surface area contributed by atoms with Gasteiger partial charge < -0.3 is 10.1 Å². The van der Waals surface area contributed by atoms with Crippen LogP contribution in [0.4, 0.5) is 0 Å². The Balaban J connectivity index is 2.43. The van der Waals surface area contributed by atoms with Gasteiger partial charge in [0.1, 0.15) is 5.15 Å². The molecule has 0 aliphatic rings. The van der Waals surface area contributed by atoms with Crippen molar-refractivity contribution < 1.29 is 4.74 Å². The molecule has 1 rings (SSSR count). The number of hydrogen-bond acceptors (Lipinski definition) is 3. The molecule has 0 bridgehead atoms. The van der Waals surface area contributed by atoms with Crippen LogP contribution in [-0.2, 0) is 4.74 Å². The summed E-state index contributed by atoms with van der Waals surface area (Å²) in [5.41, 5.74) is 1.14. The highest BCUT2D eigenvalue weighted by Gasteiger charge is 2.07. The van der Waals surface area contributed by atoms with Crippen molar-refractivity contribution in [2.75, 3.05) is 13.2 Å². The van der Waals surface area contributed by atoms with E-state index in [1.165, 1.54) is 0 Å². The molecule has 0 saturated heterocycles. The molecule has 0 saturated carbocycles. The predicted octanol–water partition coefficient (Wildman–Crippen LogP) is 2.81. The van der Waals surface area contributed by atoms with E-state index in [1.807, 2.05) is 19.1 Å². The summed E-state index contributed by atoms with van der Waals surface area (Å²) in [5.74, 6) is 0. The summed E-state index contributed by atoms with van der Waals surface area (Å²) in [6.07, 6.45) is 1.95. The van der Waals surface area contributed by atoms with Gasteiger partial charge in [-0.3, -0.25) is 0 Å². The Hall–Kier alpha value is -0.640. The van der Waals surface area contributed by atoms with E-state index in [0.717, 1.165) is 18.7 Å². The number of rotatable bonds is 6. The number of hydrogen-bond donors (Lipinski definition) is 1. The molecule has 2 unspecified atom stereocenters. The molecule has 0 fully saturated rings. The van der Waals surface area contributed by atoms with Crippen molar-refractivity contribution in [3.8, 4) is 0 Å².